The molecule has 3 aromatic rings. The molecular formula is C24H26N2O4. The fraction of sp³-hybridized carbons (Fsp3) is 0.333. The van der Waals surface area contributed by atoms with Gasteiger partial charge in [-0.25, -0.2) is 0 Å². The molecular weight excluding hydrogens is 380 g/mol. The number of hydrogen-bond acceptors (Lipinski definition) is 4. The second kappa shape index (κ2) is 8.61. The van der Waals surface area contributed by atoms with Crippen LogP contribution >= 0.6 is 0 Å². The van der Waals surface area contributed by atoms with E-state index in [9.17, 15) is 9.59 Å². The van der Waals surface area contributed by atoms with Crippen molar-refractivity contribution in [3.63, 3.8) is 0 Å². The van der Waals surface area contributed by atoms with Gasteiger partial charge in [0.2, 0.25) is 5.91 Å². The first-order chi connectivity index (χ1) is 14.6. The summed E-state index contributed by atoms with van der Waals surface area (Å²) in [6.07, 6.45) is 2.88. The SMILES string of the molecule is CCCNC(=O)[C@H]1CN(C(=O)Cc2coc3cc(CC)ccc23)c2ccccc2O1. The van der Waals surface area contributed by atoms with Crippen LogP contribution in [-0.2, 0) is 22.4 Å². The van der Waals surface area contributed by atoms with E-state index in [1.165, 1.54) is 5.56 Å². The van der Waals surface area contributed by atoms with Crippen LogP contribution in [0.15, 0.2) is 53.1 Å². The Morgan fingerprint density at radius 2 is 2.00 bits per heavy atom. The van der Waals surface area contributed by atoms with Crippen LogP contribution in [0.4, 0.5) is 5.69 Å². The highest BCUT2D eigenvalue weighted by atomic mass is 16.5. The number of para-hydroxylation sites is 2. The molecule has 4 rings (SSSR count). The minimum Gasteiger partial charge on any atom is -0.477 e. The molecule has 30 heavy (non-hydrogen) atoms. The number of aryl methyl sites for hydroxylation is 1. The van der Waals surface area contributed by atoms with E-state index in [0.29, 0.717) is 18.0 Å². The highest BCUT2D eigenvalue weighted by molar-refractivity contribution is 6.00. The molecule has 2 amide bonds. The quantitative estimate of drug-likeness (QED) is 0.675. The zero-order chi connectivity index (χ0) is 21.1. The lowest BCUT2D eigenvalue weighted by atomic mass is 10.1. The number of amides is 2. The number of furan rings is 1. The summed E-state index contributed by atoms with van der Waals surface area (Å²) in [7, 11) is 0. The summed E-state index contributed by atoms with van der Waals surface area (Å²) in [6.45, 7) is 4.85. The predicted molar refractivity (Wildman–Crippen MR) is 116 cm³/mol. The van der Waals surface area contributed by atoms with Gasteiger partial charge in [0.15, 0.2) is 6.10 Å². The highest BCUT2D eigenvalue weighted by Gasteiger charge is 2.33. The number of hydrogen-bond donors (Lipinski definition) is 1. The smallest absolute Gasteiger partial charge is 0.262 e. The minimum atomic E-state index is -0.733. The molecule has 2 aromatic carbocycles. The molecule has 156 valence electrons. The first-order valence-electron chi connectivity index (χ1n) is 10.4. The number of benzene rings is 2. The highest BCUT2D eigenvalue weighted by Crippen LogP contribution is 2.34. The summed E-state index contributed by atoms with van der Waals surface area (Å²) in [6, 6.07) is 13.4. The molecule has 0 aliphatic carbocycles. The third-order valence-electron chi connectivity index (χ3n) is 5.39. The fourth-order valence-corrected chi connectivity index (χ4v) is 3.71. The second-order valence-electron chi connectivity index (χ2n) is 7.49. The first-order valence-corrected chi connectivity index (χ1v) is 10.4. The lowest BCUT2D eigenvalue weighted by Crippen LogP contribution is -2.51. The van der Waals surface area contributed by atoms with Crippen molar-refractivity contribution in [3.8, 4) is 5.75 Å². The summed E-state index contributed by atoms with van der Waals surface area (Å²) in [4.78, 5) is 27.4. The van der Waals surface area contributed by atoms with E-state index >= 15 is 0 Å². The van der Waals surface area contributed by atoms with E-state index in [0.717, 1.165) is 29.4 Å². The number of nitrogens with one attached hydrogen (secondary N) is 1. The average Bonchev–Trinajstić information content (AvgIpc) is 3.18. The molecule has 1 aliphatic heterocycles. The van der Waals surface area contributed by atoms with Crippen molar-refractivity contribution in [2.45, 2.75) is 39.2 Å². The van der Waals surface area contributed by atoms with Gasteiger partial charge < -0.3 is 19.4 Å². The Morgan fingerprint density at radius 1 is 1.17 bits per heavy atom. The Kier molecular flexibility index (Phi) is 5.74. The number of anilines is 1. The van der Waals surface area contributed by atoms with Gasteiger partial charge in [-0.05, 0) is 36.6 Å². The average molecular weight is 406 g/mol. The van der Waals surface area contributed by atoms with Crippen molar-refractivity contribution in [3.05, 3.63) is 59.9 Å². The Hall–Kier alpha value is -3.28. The maximum absolute atomic E-state index is 13.3. The van der Waals surface area contributed by atoms with Crippen molar-refractivity contribution < 1.29 is 18.7 Å². The molecule has 0 bridgehead atoms. The van der Waals surface area contributed by atoms with Gasteiger partial charge >= 0.3 is 0 Å². The molecule has 0 spiro atoms. The van der Waals surface area contributed by atoms with Gasteiger partial charge in [-0.1, -0.05) is 38.1 Å². The molecule has 0 unspecified atom stereocenters. The summed E-state index contributed by atoms with van der Waals surface area (Å²) >= 11 is 0. The third-order valence-corrected chi connectivity index (χ3v) is 5.39. The zero-order valence-electron chi connectivity index (χ0n) is 17.3. The molecule has 0 fully saturated rings. The van der Waals surface area contributed by atoms with E-state index < -0.39 is 6.10 Å². The van der Waals surface area contributed by atoms with Crippen LogP contribution in [0.5, 0.6) is 5.75 Å². The number of rotatable bonds is 6. The van der Waals surface area contributed by atoms with E-state index in [1.807, 2.05) is 37.3 Å². The minimum absolute atomic E-state index is 0.0960. The Balaban J connectivity index is 1.58. The lowest BCUT2D eigenvalue weighted by molar-refractivity contribution is -0.128. The second-order valence-corrected chi connectivity index (χ2v) is 7.49. The maximum atomic E-state index is 13.3. The molecule has 1 atom stereocenters. The number of carbonyl (C=O) groups excluding carboxylic acids is 2. The summed E-state index contributed by atoms with van der Waals surface area (Å²) in [5.74, 6) is 0.240. The van der Waals surface area contributed by atoms with Gasteiger partial charge in [-0.3, -0.25) is 9.59 Å². The van der Waals surface area contributed by atoms with Crippen LogP contribution in [0.2, 0.25) is 0 Å². The predicted octanol–water partition coefficient (Wildman–Crippen LogP) is 3.86. The van der Waals surface area contributed by atoms with Crippen LogP contribution in [0.25, 0.3) is 11.0 Å². The Bertz CT molecular complexity index is 1070. The lowest BCUT2D eigenvalue weighted by Gasteiger charge is -2.34. The van der Waals surface area contributed by atoms with Gasteiger partial charge in [0, 0.05) is 17.5 Å². The van der Waals surface area contributed by atoms with Crippen molar-refractivity contribution in [1.29, 1.82) is 0 Å². The van der Waals surface area contributed by atoms with Crippen molar-refractivity contribution in [2.24, 2.45) is 0 Å². The van der Waals surface area contributed by atoms with Gasteiger partial charge in [-0.2, -0.15) is 0 Å². The van der Waals surface area contributed by atoms with Gasteiger partial charge in [-0.15, -0.1) is 0 Å². The fourth-order valence-electron chi connectivity index (χ4n) is 3.71. The van der Waals surface area contributed by atoms with E-state index in [1.54, 1.807) is 17.2 Å². The zero-order valence-corrected chi connectivity index (χ0v) is 17.3. The Morgan fingerprint density at radius 3 is 2.80 bits per heavy atom. The number of carbonyl (C=O) groups is 2. The summed E-state index contributed by atoms with van der Waals surface area (Å²) in [5.41, 5.74) is 3.51. The molecule has 0 saturated carbocycles. The number of nitrogens with zero attached hydrogens (tertiary/aromatic N) is 1. The van der Waals surface area contributed by atoms with Crippen molar-refractivity contribution in [1.82, 2.24) is 5.32 Å². The molecule has 6 heteroatoms. The number of fused-ring (bicyclic) bond motifs is 2. The Labute approximate surface area is 175 Å². The van der Waals surface area contributed by atoms with Gasteiger partial charge in [0.25, 0.3) is 5.91 Å². The third kappa shape index (κ3) is 3.90. The number of ether oxygens (including phenoxy) is 1. The van der Waals surface area contributed by atoms with Crippen LogP contribution in [0.3, 0.4) is 0 Å². The van der Waals surface area contributed by atoms with Crippen LogP contribution in [0.1, 0.15) is 31.4 Å². The van der Waals surface area contributed by atoms with E-state index in [-0.39, 0.29) is 24.8 Å². The van der Waals surface area contributed by atoms with E-state index in [4.69, 9.17) is 9.15 Å². The topological polar surface area (TPSA) is 71.8 Å². The van der Waals surface area contributed by atoms with Crippen LogP contribution < -0.4 is 15.0 Å². The van der Waals surface area contributed by atoms with Gasteiger partial charge in [0.1, 0.15) is 11.3 Å². The summed E-state index contributed by atoms with van der Waals surface area (Å²) < 4.78 is 11.6. The largest absolute Gasteiger partial charge is 0.477 e. The molecule has 0 radical (unpaired) electrons. The molecule has 1 aliphatic rings. The normalized spacial score (nSPS) is 15.5. The monoisotopic (exact) mass is 406 g/mol. The van der Waals surface area contributed by atoms with Crippen molar-refractivity contribution >= 4 is 28.5 Å². The van der Waals surface area contributed by atoms with E-state index in [2.05, 4.69) is 18.3 Å². The molecule has 1 aromatic heterocycles. The molecule has 1 N–H and O–H groups in total. The molecule has 6 nitrogen and oxygen atoms in total. The van der Waals surface area contributed by atoms with Crippen LogP contribution in [-0.4, -0.2) is 31.0 Å². The maximum Gasteiger partial charge on any atom is 0.262 e. The van der Waals surface area contributed by atoms with Gasteiger partial charge in [0.05, 0.1) is 24.9 Å². The van der Waals surface area contributed by atoms with Crippen molar-refractivity contribution in [2.75, 3.05) is 18.0 Å². The molecule has 2 heterocycles. The van der Waals surface area contributed by atoms with Crippen LogP contribution in [0, 0.1) is 0 Å². The first kappa shape index (κ1) is 20.0. The standard InChI is InChI=1S/C24H26N2O4/c1-3-11-25-24(28)22-14-26(19-7-5-6-8-20(19)30-22)23(27)13-17-15-29-21-12-16(4-2)9-10-18(17)21/h5-10,12,15,22H,3-4,11,13-14H2,1-2H3,(H,25,28)/t22-/m1/s1. The molecule has 0 saturated heterocycles. The summed E-state index contributed by atoms with van der Waals surface area (Å²) in [5, 5.41) is 3.80.